The molecule has 0 fully saturated rings. The van der Waals surface area contributed by atoms with Gasteiger partial charge in [0, 0.05) is 0 Å². The van der Waals surface area contributed by atoms with Gasteiger partial charge in [0.15, 0.2) is 5.78 Å². The summed E-state index contributed by atoms with van der Waals surface area (Å²) in [5.74, 6) is -1.08. The molecule has 0 aliphatic carbocycles. The average molecular weight is 229 g/mol. The fourth-order valence-electron chi connectivity index (χ4n) is 0.570. The van der Waals surface area contributed by atoms with Gasteiger partial charge in [-0.05, 0) is 0 Å². The Morgan fingerprint density at radius 3 is 2.36 bits per heavy atom. The average Bonchev–Trinajstić information content (AvgIpc) is 2.10. The van der Waals surface area contributed by atoms with Crippen LogP contribution < -0.4 is 4.89 Å². The zero-order valence-corrected chi connectivity index (χ0v) is 7.83. The summed E-state index contributed by atoms with van der Waals surface area (Å²) in [6.45, 7) is -1.96. The molecule has 84 valence electrons. The number of phosphoric acid groups is 1. The minimum Gasteiger partial charge on any atom is -0.756 e. The number of rotatable bonds is 6. The number of hydrogen-bond donors (Lipinski definition) is 4. The number of carbonyl (C=O) groups is 1. The Morgan fingerprint density at radius 2 is 2.00 bits per heavy atom. The molecule has 0 aromatic rings. The number of phosphoric ester groups is 1. The van der Waals surface area contributed by atoms with Crippen LogP contribution in [-0.4, -0.2) is 51.4 Å². The van der Waals surface area contributed by atoms with E-state index in [1.807, 2.05) is 0 Å². The predicted molar refractivity (Wildman–Crippen MR) is 39.9 cm³/mol. The minimum atomic E-state index is -4.99. The van der Waals surface area contributed by atoms with Crippen LogP contribution in [0.1, 0.15) is 0 Å². The Bertz CT molecular complexity index is 234. The Kier molecular flexibility index (Phi) is 5.38. The van der Waals surface area contributed by atoms with Gasteiger partial charge in [-0.2, -0.15) is 0 Å². The summed E-state index contributed by atoms with van der Waals surface area (Å²) in [6, 6.07) is 0. The molecule has 0 heterocycles. The second-order valence-electron chi connectivity index (χ2n) is 2.40. The number of hydrogen-bond acceptors (Lipinski definition) is 7. The van der Waals surface area contributed by atoms with Crippen molar-refractivity contribution in [3.8, 4) is 0 Å². The summed E-state index contributed by atoms with van der Waals surface area (Å²) in [4.78, 5) is 28.7. The Morgan fingerprint density at radius 1 is 1.50 bits per heavy atom. The van der Waals surface area contributed by atoms with Gasteiger partial charge >= 0.3 is 0 Å². The lowest BCUT2D eigenvalue weighted by atomic mass is 10.1. The molecular weight excluding hydrogens is 219 g/mol. The second-order valence-corrected chi connectivity index (χ2v) is 3.60. The van der Waals surface area contributed by atoms with E-state index in [-0.39, 0.29) is 0 Å². The van der Waals surface area contributed by atoms with E-state index in [9.17, 15) is 14.3 Å². The van der Waals surface area contributed by atoms with E-state index >= 15 is 0 Å². The fraction of sp³-hybridized carbons (Fsp3) is 0.800. The smallest absolute Gasteiger partial charge is 0.265 e. The zero-order valence-electron chi connectivity index (χ0n) is 6.94. The van der Waals surface area contributed by atoms with Crippen LogP contribution in [-0.2, 0) is 13.9 Å². The normalized spacial score (nSPS) is 19.8. The predicted octanol–water partition coefficient (Wildman–Crippen LogP) is -3.25. The number of aliphatic hydroxyl groups is 3. The van der Waals surface area contributed by atoms with E-state index in [0.29, 0.717) is 0 Å². The molecule has 0 aliphatic heterocycles. The monoisotopic (exact) mass is 229 g/mol. The largest absolute Gasteiger partial charge is 0.756 e. The van der Waals surface area contributed by atoms with Gasteiger partial charge in [-0.1, -0.05) is 0 Å². The highest BCUT2D eigenvalue weighted by Gasteiger charge is 2.24. The van der Waals surface area contributed by atoms with Gasteiger partial charge in [0.2, 0.25) is 0 Å². The maximum Gasteiger partial charge on any atom is 0.265 e. The van der Waals surface area contributed by atoms with E-state index in [0.717, 1.165) is 0 Å². The van der Waals surface area contributed by atoms with Crippen molar-refractivity contribution in [3.63, 3.8) is 0 Å². The van der Waals surface area contributed by atoms with Gasteiger partial charge < -0.3 is 29.6 Å². The third-order valence-electron chi connectivity index (χ3n) is 1.26. The molecule has 0 saturated carbocycles. The van der Waals surface area contributed by atoms with Crippen molar-refractivity contribution >= 4 is 13.6 Å². The van der Waals surface area contributed by atoms with Gasteiger partial charge in [0.05, 0.1) is 6.61 Å². The quantitative estimate of drug-likeness (QED) is 0.347. The number of Topliss-reactive ketones (excluding diaryl/α,β-unsaturated/α-hetero) is 1. The molecule has 0 rings (SSSR count). The highest BCUT2D eigenvalue weighted by atomic mass is 31.2. The molecule has 8 nitrogen and oxygen atoms in total. The van der Waals surface area contributed by atoms with Crippen molar-refractivity contribution < 1.29 is 39.0 Å². The van der Waals surface area contributed by atoms with Gasteiger partial charge in [0.25, 0.3) is 7.82 Å². The highest BCUT2D eigenvalue weighted by molar-refractivity contribution is 7.44. The molecule has 0 radical (unpaired) electrons. The van der Waals surface area contributed by atoms with Crippen molar-refractivity contribution in [3.05, 3.63) is 0 Å². The van der Waals surface area contributed by atoms with Gasteiger partial charge in [-0.15, -0.1) is 0 Å². The van der Waals surface area contributed by atoms with Gasteiger partial charge in [-0.25, -0.2) is 0 Å². The van der Waals surface area contributed by atoms with Crippen molar-refractivity contribution in [1.82, 2.24) is 0 Å². The van der Waals surface area contributed by atoms with Crippen LogP contribution in [0, 0.1) is 0 Å². The molecule has 0 saturated heterocycles. The van der Waals surface area contributed by atoms with Crippen molar-refractivity contribution in [2.24, 2.45) is 0 Å². The van der Waals surface area contributed by atoms with Crippen molar-refractivity contribution in [2.45, 2.75) is 12.2 Å². The van der Waals surface area contributed by atoms with Crippen LogP contribution in [0.2, 0.25) is 0 Å². The molecule has 4 N–H and O–H groups in total. The fourth-order valence-corrected chi connectivity index (χ4v) is 0.911. The third kappa shape index (κ3) is 5.40. The standard InChI is InChI=1S/C5H11O8P/c6-1-3(7)5(9)4(8)2-13-14(10,11)12/h4-6,8-9H,1-2H2,(H2,10,11,12)/p-1/t4-,5-/m1/s1. The molecule has 0 aromatic carbocycles. The molecule has 1 unspecified atom stereocenters. The first kappa shape index (κ1) is 13.7. The van der Waals surface area contributed by atoms with Crippen LogP contribution in [0.5, 0.6) is 0 Å². The maximum absolute atomic E-state index is 10.6. The van der Waals surface area contributed by atoms with Crippen LogP contribution in [0.3, 0.4) is 0 Å². The number of ketones is 1. The summed E-state index contributed by atoms with van der Waals surface area (Å²) in [7, 11) is -4.99. The first-order chi connectivity index (χ1) is 6.28. The summed E-state index contributed by atoms with van der Waals surface area (Å²) < 4.78 is 13.8. The Labute approximate surface area is 79.0 Å². The SMILES string of the molecule is O=C(CO)[C@@H](O)[C@H](O)COP(=O)([O-])O. The third-order valence-corrected chi connectivity index (χ3v) is 1.73. The van der Waals surface area contributed by atoms with Gasteiger partial charge in [-0.3, -0.25) is 9.36 Å². The van der Waals surface area contributed by atoms with Crippen LogP contribution in [0.15, 0.2) is 0 Å². The molecule has 0 spiro atoms. The first-order valence-electron chi connectivity index (χ1n) is 3.46. The minimum absolute atomic E-state index is 0.968. The van der Waals surface area contributed by atoms with Crippen LogP contribution in [0.25, 0.3) is 0 Å². The summed E-state index contributed by atoms with van der Waals surface area (Å²) in [5, 5.41) is 26.0. The Balaban J connectivity index is 4.02. The second kappa shape index (κ2) is 5.52. The zero-order chi connectivity index (χ0) is 11.4. The number of aliphatic hydroxyl groups excluding tert-OH is 3. The molecule has 14 heavy (non-hydrogen) atoms. The van der Waals surface area contributed by atoms with Gasteiger partial charge in [0.1, 0.15) is 18.8 Å². The first-order valence-corrected chi connectivity index (χ1v) is 4.95. The lowest BCUT2D eigenvalue weighted by molar-refractivity contribution is -0.222. The lowest BCUT2D eigenvalue weighted by Crippen LogP contribution is -2.38. The highest BCUT2D eigenvalue weighted by Crippen LogP contribution is 2.30. The number of carbonyl (C=O) groups excluding carboxylic acids is 1. The molecule has 0 amide bonds. The Hall–Kier alpha value is -0.340. The van der Waals surface area contributed by atoms with E-state index < -0.39 is 39.0 Å². The van der Waals surface area contributed by atoms with E-state index in [1.54, 1.807) is 0 Å². The van der Waals surface area contributed by atoms with Crippen molar-refractivity contribution in [1.29, 1.82) is 0 Å². The van der Waals surface area contributed by atoms with Crippen LogP contribution in [0.4, 0.5) is 0 Å². The van der Waals surface area contributed by atoms with Crippen LogP contribution >= 0.6 is 7.82 Å². The molecule has 0 bridgehead atoms. The summed E-state index contributed by atoms with van der Waals surface area (Å²) in [6.07, 6.45) is -3.78. The topological polar surface area (TPSA) is 147 Å². The van der Waals surface area contributed by atoms with Crippen molar-refractivity contribution in [2.75, 3.05) is 13.2 Å². The lowest BCUT2D eigenvalue weighted by Gasteiger charge is -2.20. The molecule has 0 aromatic heterocycles. The molecule has 0 aliphatic rings. The molecule has 9 heteroatoms. The summed E-state index contributed by atoms with van der Waals surface area (Å²) in [5.41, 5.74) is 0. The van der Waals surface area contributed by atoms with E-state index in [2.05, 4.69) is 4.52 Å². The van der Waals surface area contributed by atoms with E-state index in [4.69, 9.17) is 20.2 Å². The van der Waals surface area contributed by atoms with E-state index in [1.165, 1.54) is 0 Å². The molecule has 3 atom stereocenters. The summed E-state index contributed by atoms with van der Waals surface area (Å²) >= 11 is 0. The maximum atomic E-state index is 10.6. The molecular formula is C5H10O8P-.